The molecule has 0 atom stereocenters. The van der Waals surface area contributed by atoms with Crippen molar-refractivity contribution in [3.05, 3.63) is 47.8 Å². The molecule has 5 nitrogen and oxygen atoms in total. The van der Waals surface area contributed by atoms with Crippen molar-refractivity contribution in [1.82, 2.24) is 14.6 Å². The number of halogens is 3. The number of anilines is 1. The van der Waals surface area contributed by atoms with E-state index >= 15 is 0 Å². The van der Waals surface area contributed by atoms with Crippen LogP contribution in [0.25, 0.3) is 16.8 Å². The third-order valence-corrected chi connectivity index (χ3v) is 3.66. The summed E-state index contributed by atoms with van der Waals surface area (Å²) >= 11 is 0. The summed E-state index contributed by atoms with van der Waals surface area (Å²) in [5.74, 6) is 0.437. The Bertz CT molecular complexity index is 875. The van der Waals surface area contributed by atoms with Crippen molar-refractivity contribution < 1.29 is 17.9 Å². The van der Waals surface area contributed by atoms with Gasteiger partial charge >= 0.3 is 6.18 Å². The number of nitrogens with zero attached hydrogens (tertiary/aromatic N) is 3. The number of nitrogens with one attached hydrogen (secondary N) is 1. The Morgan fingerprint density at radius 1 is 1.20 bits per heavy atom. The summed E-state index contributed by atoms with van der Waals surface area (Å²) < 4.78 is 46.9. The average molecular weight is 350 g/mol. The van der Waals surface area contributed by atoms with Crippen molar-refractivity contribution in [1.29, 1.82) is 0 Å². The first-order valence-electron chi connectivity index (χ1n) is 7.67. The highest BCUT2D eigenvalue weighted by atomic mass is 19.4. The van der Waals surface area contributed by atoms with Crippen molar-refractivity contribution in [2.75, 3.05) is 25.6 Å². The number of aromatic nitrogens is 3. The van der Waals surface area contributed by atoms with Gasteiger partial charge in [-0.25, -0.2) is 4.98 Å². The number of fused-ring (bicyclic) bond motifs is 1. The molecule has 25 heavy (non-hydrogen) atoms. The minimum absolute atomic E-state index is 0.0217. The van der Waals surface area contributed by atoms with Crippen LogP contribution in [-0.4, -0.2) is 34.9 Å². The Morgan fingerprint density at radius 3 is 2.56 bits per heavy atom. The Kier molecular flexibility index (Phi) is 4.63. The van der Waals surface area contributed by atoms with E-state index in [2.05, 4.69) is 15.4 Å². The Hall–Kier alpha value is -2.61. The third kappa shape index (κ3) is 3.43. The number of rotatable bonds is 5. The van der Waals surface area contributed by atoms with Crippen LogP contribution in [0.3, 0.4) is 0 Å². The van der Waals surface area contributed by atoms with Gasteiger partial charge in [0.1, 0.15) is 5.82 Å². The molecule has 0 radical (unpaired) electrons. The van der Waals surface area contributed by atoms with Gasteiger partial charge in [0.15, 0.2) is 11.3 Å². The van der Waals surface area contributed by atoms with Crippen molar-refractivity contribution in [3.8, 4) is 11.1 Å². The van der Waals surface area contributed by atoms with Crippen LogP contribution in [0.2, 0.25) is 0 Å². The van der Waals surface area contributed by atoms with Crippen molar-refractivity contribution in [2.24, 2.45) is 0 Å². The standard InChI is InChI=1S/C17H17F3N4O/c1-11-10-13(21-8-9-25-2)24-16(22-11)14(12-6-4-3-5-7-12)15(23-24)17(18,19)20/h3-7,10,21H,8-9H2,1-2H3. The van der Waals surface area contributed by atoms with Gasteiger partial charge in [0.05, 0.1) is 12.2 Å². The van der Waals surface area contributed by atoms with Crippen molar-refractivity contribution in [2.45, 2.75) is 13.1 Å². The van der Waals surface area contributed by atoms with E-state index in [-0.39, 0.29) is 11.2 Å². The van der Waals surface area contributed by atoms with E-state index in [0.717, 1.165) is 0 Å². The zero-order valence-electron chi connectivity index (χ0n) is 13.8. The van der Waals surface area contributed by atoms with Gasteiger partial charge < -0.3 is 10.1 Å². The molecular weight excluding hydrogens is 333 g/mol. The van der Waals surface area contributed by atoms with Gasteiger partial charge in [-0.15, -0.1) is 0 Å². The number of hydrogen-bond donors (Lipinski definition) is 1. The predicted molar refractivity (Wildman–Crippen MR) is 88.5 cm³/mol. The number of hydrogen-bond acceptors (Lipinski definition) is 4. The first-order valence-corrected chi connectivity index (χ1v) is 7.67. The van der Waals surface area contributed by atoms with E-state index in [1.807, 2.05) is 0 Å². The highest BCUT2D eigenvalue weighted by molar-refractivity contribution is 5.81. The molecule has 0 saturated heterocycles. The first kappa shape index (κ1) is 17.2. The molecule has 0 bridgehead atoms. The summed E-state index contributed by atoms with van der Waals surface area (Å²) in [5.41, 5.74) is 0.209. The number of alkyl halides is 3. The maximum Gasteiger partial charge on any atom is 0.435 e. The molecule has 1 N–H and O–H groups in total. The zero-order chi connectivity index (χ0) is 18.0. The topological polar surface area (TPSA) is 51.5 Å². The molecule has 0 aliphatic rings. The van der Waals surface area contributed by atoms with Gasteiger partial charge in [0, 0.05) is 25.4 Å². The number of ether oxygens (including phenoxy) is 1. The molecule has 0 saturated carbocycles. The molecule has 0 aliphatic heterocycles. The smallest absolute Gasteiger partial charge is 0.383 e. The summed E-state index contributed by atoms with van der Waals surface area (Å²) in [6.07, 6.45) is -4.59. The molecule has 0 fully saturated rings. The predicted octanol–water partition coefficient (Wildman–Crippen LogP) is 3.78. The van der Waals surface area contributed by atoms with E-state index in [0.29, 0.717) is 30.2 Å². The Morgan fingerprint density at radius 2 is 1.92 bits per heavy atom. The van der Waals surface area contributed by atoms with E-state index in [1.165, 1.54) is 4.52 Å². The van der Waals surface area contributed by atoms with E-state index < -0.39 is 11.9 Å². The van der Waals surface area contributed by atoms with Crippen LogP contribution in [0.15, 0.2) is 36.4 Å². The normalized spacial score (nSPS) is 11.9. The molecule has 3 rings (SSSR count). The summed E-state index contributed by atoms with van der Waals surface area (Å²) in [5, 5.41) is 6.85. The molecule has 0 unspecified atom stereocenters. The molecular formula is C17H17F3N4O. The van der Waals surface area contributed by atoms with Crippen LogP contribution in [-0.2, 0) is 10.9 Å². The lowest BCUT2D eigenvalue weighted by atomic mass is 10.1. The van der Waals surface area contributed by atoms with Crippen LogP contribution < -0.4 is 5.32 Å². The van der Waals surface area contributed by atoms with Crippen molar-refractivity contribution in [3.63, 3.8) is 0 Å². The van der Waals surface area contributed by atoms with Crippen LogP contribution >= 0.6 is 0 Å². The largest absolute Gasteiger partial charge is 0.435 e. The Labute approximate surface area is 142 Å². The van der Waals surface area contributed by atoms with Crippen LogP contribution in [0.1, 0.15) is 11.4 Å². The summed E-state index contributed by atoms with van der Waals surface area (Å²) in [7, 11) is 1.55. The zero-order valence-corrected chi connectivity index (χ0v) is 13.8. The third-order valence-electron chi connectivity index (χ3n) is 3.66. The van der Waals surface area contributed by atoms with Crippen LogP contribution in [0, 0.1) is 6.92 Å². The van der Waals surface area contributed by atoms with Gasteiger partial charge in [-0.05, 0) is 12.5 Å². The second kappa shape index (κ2) is 6.72. The molecule has 3 aromatic rings. The lowest BCUT2D eigenvalue weighted by Gasteiger charge is -2.09. The van der Waals surface area contributed by atoms with Gasteiger partial charge in [0.2, 0.25) is 0 Å². The first-order chi connectivity index (χ1) is 11.9. The molecule has 0 amide bonds. The Balaban J connectivity index is 2.25. The second-order valence-corrected chi connectivity index (χ2v) is 5.53. The molecule has 132 valence electrons. The minimum Gasteiger partial charge on any atom is -0.383 e. The van der Waals surface area contributed by atoms with Crippen LogP contribution in [0.4, 0.5) is 19.0 Å². The van der Waals surface area contributed by atoms with E-state index in [1.54, 1.807) is 50.4 Å². The molecule has 2 aromatic heterocycles. The van der Waals surface area contributed by atoms with E-state index in [4.69, 9.17) is 4.74 Å². The maximum atomic E-state index is 13.6. The molecule has 0 aliphatic carbocycles. The quantitative estimate of drug-likeness (QED) is 0.712. The fraction of sp³-hybridized carbons (Fsp3) is 0.294. The SMILES string of the molecule is COCCNc1cc(C)nc2c(-c3ccccc3)c(C(F)(F)F)nn12. The maximum absolute atomic E-state index is 13.6. The fourth-order valence-electron chi connectivity index (χ4n) is 2.61. The van der Waals surface area contributed by atoms with Gasteiger partial charge in [-0.2, -0.15) is 22.8 Å². The van der Waals surface area contributed by atoms with Gasteiger partial charge in [0.25, 0.3) is 0 Å². The molecule has 2 heterocycles. The highest BCUT2D eigenvalue weighted by Crippen LogP contribution is 2.39. The number of aryl methyl sites for hydroxylation is 1. The summed E-state index contributed by atoms with van der Waals surface area (Å²) in [6.45, 7) is 2.59. The van der Waals surface area contributed by atoms with E-state index in [9.17, 15) is 13.2 Å². The highest BCUT2D eigenvalue weighted by Gasteiger charge is 2.39. The summed E-state index contributed by atoms with van der Waals surface area (Å²) in [4.78, 5) is 4.30. The number of benzene rings is 1. The van der Waals surface area contributed by atoms with Crippen LogP contribution in [0.5, 0.6) is 0 Å². The number of methoxy groups -OCH3 is 1. The summed E-state index contributed by atoms with van der Waals surface area (Å²) in [6, 6.07) is 10.0. The minimum atomic E-state index is -4.59. The molecule has 1 aromatic carbocycles. The monoisotopic (exact) mass is 350 g/mol. The molecule has 8 heteroatoms. The lowest BCUT2D eigenvalue weighted by Crippen LogP contribution is -2.12. The fourth-order valence-corrected chi connectivity index (χ4v) is 2.61. The molecule has 0 spiro atoms. The van der Waals surface area contributed by atoms with Crippen molar-refractivity contribution >= 4 is 11.5 Å². The average Bonchev–Trinajstić information content (AvgIpc) is 2.95. The lowest BCUT2D eigenvalue weighted by molar-refractivity contribution is -0.140. The van der Waals surface area contributed by atoms with Gasteiger partial charge in [-0.3, -0.25) is 0 Å². The van der Waals surface area contributed by atoms with Gasteiger partial charge in [-0.1, -0.05) is 30.3 Å². The second-order valence-electron chi connectivity index (χ2n) is 5.53.